The smallest absolute Gasteiger partial charge is 0.0828 e. The maximum absolute atomic E-state index is 9.87. The first-order chi connectivity index (χ1) is 8.21. The Labute approximate surface area is 104 Å². The van der Waals surface area contributed by atoms with Gasteiger partial charge in [0.1, 0.15) is 0 Å². The van der Waals surface area contributed by atoms with Gasteiger partial charge in [-0.05, 0) is 25.8 Å². The number of aryl methyl sites for hydroxylation is 2. The first kappa shape index (κ1) is 14.2. The van der Waals surface area contributed by atoms with Crippen molar-refractivity contribution >= 4 is 0 Å². The Balaban J connectivity index is 2.51. The molecule has 17 heavy (non-hydrogen) atoms. The van der Waals surface area contributed by atoms with E-state index in [1.165, 1.54) is 0 Å². The Hall–Kier alpha value is -0.870. The van der Waals surface area contributed by atoms with E-state index in [4.69, 9.17) is 4.74 Å². The molecule has 1 rings (SSSR count). The molecule has 0 aromatic carbocycles. The number of hydrogen-bond acceptors (Lipinski definition) is 3. The van der Waals surface area contributed by atoms with Crippen molar-refractivity contribution in [3.05, 3.63) is 17.5 Å². The monoisotopic (exact) mass is 240 g/mol. The number of aliphatic hydroxyl groups is 1. The Morgan fingerprint density at radius 2 is 2.18 bits per heavy atom. The van der Waals surface area contributed by atoms with Gasteiger partial charge in [-0.25, -0.2) is 0 Å². The average Bonchev–Trinajstić information content (AvgIpc) is 2.71. The summed E-state index contributed by atoms with van der Waals surface area (Å²) < 4.78 is 7.30. The number of ether oxygens (including phenoxy) is 1. The van der Waals surface area contributed by atoms with Crippen molar-refractivity contribution in [3.8, 4) is 0 Å². The van der Waals surface area contributed by atoms with Crippen molar-refractivity contribution in [3.63, 3.8) is 0 Å². The van der Waals surface area contributed by atoms with Crippen LogP contribution in [0.4, 0.5) is 0 Å². The molecule has 1 atom stereocenters. The van der Waals surface area contributed by atoms with Gasteiger partial charge in [-0.2, -0.15) is 5.10 Å². The molecule has 0 spiro atoms. The Bertz CT molecular complexity index is 323. The van der Waals surface area contributed by atoms with E-state index in [0.29, 0.717) is 19.6 Å². The largest absolute Gasteiger partial charge is 0.390 e. The molecule has 0 aliphatic heterocycles. The minimum Gasteiger partial charge on any atom is -0.390 e. The summed E-state index contributed by atoms with van der Waals surface area (Å²) in [5, 5.41) is 14.3. The van der Waals surface area contributed by atoms with Crippen LogP contribution in [0.3, 0.4) is 0 Å². The molecular weight excluding hydrogens is 216 g/mol. The van der Waals surface area contributed by atoms with Crippen LogP contribution in [-0.4, -0.2) is 34.2 Å². The van der Waals surface area contributed by atoms with Crippen LogP contribution in [0.25, 0.3) is 0 Å². The number of aromatic nitrogens is 2. The van der Waals surface area contributed by atoms with Gasteiger partial charge in [0.25, 0.3) is 0 Å². The number of hydrogen-bond donors (Lipinski definition) is 1. The van der Waals surface area contributed by atoms with Crippen LogP contribution in [-0.2, 0) is 24.1 Å². The van der Waals surface area contributed by atoms with Crippen LogP contribution in [0.2, 0.25) is 0 Å². The zero-order valence-electron chi connectivity index (χ0n) is 11.1. The van der Waals surface area contributed by atoms with Gasteiger partial charge in [-0.15, -0.1) is 0 Å². The van der Waals surface area contributed by atoms with Crippen molar-refractivity contribution in [1.82, 2.24) is 9.78 Å². The Morgan fingerprint density at radius 3 is 2.76 bits per heavy atom. The molecule has 4 nitrogen and oxygen atoms in total. The molecule has 0 saturated heterocycles. The van der Waals surface area contributed by atoms with Gasteiger partial charge in [0, 0.05) is 25.3 Å². The lowest BCUT2D eigenvalue weighted by Crippen LogP contribution is -2.20. The van der Waals surface area contributed by atoms with Gasteiger partial charge in [-0.1, -0.05) is 13.8 Å². The number of rotatable bonds is 8. The van der Waals surface area contributed by atoms with E-state index in [-0.39, 0.29) is 0 Å². The molecule has 1 N–H and O–H groups in total. The van der Waals surface area contributed by atoms with E-state index in [2.05, 4.69) is 31.9 Å². The van der Waals surface area contributed by atoms with E-state index < -0.39 is 6.10 Å². The van der Waals surface area contributed by atoms with Crippen LogP contribution in [0.5, 0.6) is 0 Å². The molecule has 0 amide bonds. The van der Waals surface area contributed by atoms with Crippen LogP contribution >= 0.6 is 0 Å². The molecule has 0 aliphatic carbocycles. The Morgan fingerprint density at radius 1 is 1.41 bits per heavy atom. The van der Waals surface area contributed by atoms with Crippen molar-refractivity contribution in [2.24, 2.45) is 0 Å². The summed E-state index contributed by atoms with van der Waals surface area (Å²) in [6, 6.07) is 2.08. The summed E-state index contributed by atoms with van der Waals surface area (Å²) in [7, 11) is 0. The average molecular weight is 240 g/mol. The zero-order valence-corrected chi connectivity index (χ0v) is 11.1. The van der Waals surface area contributed by atoms with Crippen LogP contribution < -0.4 is 0 Å². The molecular formula is C13H24N2O2. The molecule has 4 heteroatoms. The topological polar surface area (TPSA) is 47.3 Å². The standard InChI is InChI=1S/C13H24N2O2/c1-4-7-17-10-13(16)9-12-8-11(5-2)14-15(12)6-3/h8,13,16H,4-7,9-10H2,1-3H3. The van der Waals surface area contributed by atoms with E-state index in [1.807, 2.05) is 4.68 Å². The van der Waals surface area contributed by atoms with E-state index in [9.17, 15) is 5.11 Å². The van der Waals surface area contributed by atoms with Crippen molar-refractivity contribution in [2.45, 2.75) is 52.7 Å². The molecule has 1 heterocycles. The van der Waals surface area contributed by atoms with Crippen LogP contribution in [0.1, 0.15) is 38.6 Å². The number of aliphatic hydroxyl groups excluding tert-OH is 1. The van der Waals surface area contributed by atoms with E-state index in [1.54, 1.807) is 0 Å². The first-order valence-corrected chi connectivity index (χ1v) is 6.52. The maximum Gasteiger partial charge on any atom is 0.0828 e. The Kier molecular flexibility index (Phi) is 6.22. The molecule has 0 aliphatic rings. The van der Waals surface area contributed by atoms with Gasteiger partial charge in [0.15, 0.2) is 0 Å². The van der Waals surface area contributed by atoms with Gasteiger partial charge in [-0.3, -0.25) is 4.68 Å². The lowest BCUT2D eigenvalue weighted by Gasteiger charge is -2.11. The fourth-order valence-corrected chi connectivity index (χ4v) is 1.79. The molecule has 1 unspecified atom stereocenters. The highest BCUT2D eigenvalue weighted by Crippen LogP contribution is 2.08. The second kappa shape index (κ2) is 7.45. The van der Waals surface area contributed by atoms with E-state index in [0.717, 1.165) is 30.8 Å². The first-order valence-electron chi connectivity index (χ1n) is 6.52. The second-order valence-corrected chi connectivity index (χ2v) is 4.23. The maximum atomic E-state index is 9.87. The summed E-state index contributed by atoms with van der Waals surface area (Å²) in [6.45, 7) is 8.18. The quantitative estimate of drug-likeness (QED) is 0.705. The molecule has 98 valence electrons. The second-order valence-electron chi connectivity index (χ2n) is 4.23. The zero-order chi connectivity index (χ0) is 12.7. The molecule has 0 saturated carbocycles. The number of nitrogens with zero attached hydrogens (tertiary/aromatic N) is 2. The van der Waals surface area contributed by atoms with Crippen molar-refractivity contribution in [1.29, 1.82) is 0 Å². The van der Waals surface area contributed by atoms with Crippen molar-refractivity contribution < 1.29 is 9.84 Å². The SMILES string of the molecule is CCCOCC(O)Cc1cc(CC)nn1CC. The fourth-order valence-electron chi connectivity index (χ4n) is 1.79. The molecule has 1 aromatic rings. The third-order valence-corrected chi connectivity index (χ3v) is 2.68. The summed E-state index contributed by atoms with van der Waals surface area (Å²) in [5.74, 6) is 0. The van der Waals surface area contributed by atoms with E-state index >= 15 is 0 Å². The van der Waals surface area contributed by atoms with Gasteiger partial charge < -0.3 is 9.84 Å². The summed E-state index contributed by atoms with van der Waals surface area (Å²) in [4.78, 5) is 0. The van der Waals surface area contributed by atoms with Gasteiger partial charge >= 0.3 is 0 Å². The van der Waals surface area contributed by atoms with Gasteiger partial charge in [0.2, 0.25) is 0 Å². The highest BCUT2D eigenvalue weighted by molar-refractivity contribution is 5.11. The predicted molar refractivity (Wildman–Crippen MR) is 68.1 cm³/mol. The summed E-state index contributed by atoms with van der Waals surface area (Å²) >= 11 is 0. The summed E-state index contributed by atoms with van der Waals surface area (Å²) in [5.41, 5.74) is 2.18. The van der Waals surface area contributed by atoms with Crippen molar-refractivity contribution in [2.75, 3.05) is 13.2 Å². The third-order valence-electron chi connectivity index (χ3n) is 2.68. The van der Waals surface area contributed by atoms with Gasteiger partial charge in [0.05, 0.1) is 18.4 Å². The fraction of sp³-hybridized carbons (Fsp3) is 0.769. The molecule has 1 aromatic heterocycles. The normalized spacial score (nSPS) is 12.9. The molecule has 0 radical (unpaired) electrons. The van der Waals surface area contributed by atoms with Crippen LogP contribution in [0, 0.1) is 0 Å². The molecule has 0 fully saturated rings. The molecule has 0 bridgehead atoms. The van der Waals surface area contributed by atoms with Crippen LogP contribution in [0.15, 0.2) is 6.07 Å². The third kappa shape index (κ3) is 4.48. The minimum absolute atomic E-state index is 0.407. The highest BCUT2D eigenvalue weighted by Gasteiger charge is 2.11. The minimum atomic E-state index is -0.437. The lowest BCUT2D eigenvalue weighted by molar-refractivity contribution is 0.0364. The summed E-state index contributed by atoms with van der Waals surface area (Å²) in [6.07, 6.45) is 2.10. The lowest BCUT2D eigenvalue weighted by atomic mass is 10.2. The predicted octanol–water partition coefficient (Wildman–Crippen LogP) is 1.80. The highest BCUT2D eigenvalue weighted by atomic mass is 16.5.